The Hall–Kier alpha value is -0.580. The zero-order valence-corrected chi connectivity index (χ0v) is 11.1. The van der Waals surface area contributed by atoms with Crippen LogP contribution in [0.3, 0.4) is 0 Å². The number of hydrogen-bond acceptors (Lipinski definition) is 3. The highest BCUT2D eigenvalue weighted by molar-refractivity contribution is 5.85. The fourth-order valence-electron chi connectivity index (χ4n) is 2.41. The third-order valence-corrected chi connectivity index (χ3v) is 3.36. The van der Waals surface area contributed by atoms with Crippen LogP contribution in [0.25, 0.3) is 0 Å². The summed E-state index contributed by atoms with van der Waals surface area (Å²) in [5.74, 6) is 0. The Labute approximate surface area is 109 Å². The molecule has 17 heavy (non-hydrogen) atoms. The Bertz CT molecular complexity index is 292. The van der Waals surface area contributed by atoms with Gasteiger partial charge < -0.3 is 15.0 Å². The summed E-state index contributed by atoms with van der Waals surface area (Å²) in [6.45, 7) is 0.852. The summed E-state index contributed by atoms with van der Waals surface area (Å²) < 4.78 is 5.57. The second-order valence-electron chi connectivity index (χ2n) is 4.48. The maximum atomic E-state index is 5.57. The van der Waals surface area contributed by atoms with Gasteiger partial charge in [0.15, 0.2) is 0 Å². The first-order chi connectivity index (χ1) is 7.90. The molecule has 0 aliphatic heterocycles. The van der Waals surface area contributed by atoms with Crippen molar-refractivity contribution in [3.05, 3.63) is 18.2 Å². The van der Waals surface area contributed by atoms with E-state index in [4.69, 9.17) is 4.74 Å². The Morgan fingerprint density at radius 2 is 2.24 bits per heavy atom. The van der Waals surface area contributed by atoms with Gasteiger partial charge in [-0.1, -0.05) is 19.3 Å². The Balaban J connectivity index is 0.00000144. The monoisotopic (exact) mass is 259 g/mol. The second-order valence-corrected chi connectivity index (χ2v) is 4.48. The molecular formula is C12H22ClN3O. The molecule has 2 N–H and O–H groups in total. The van der Waals surface area contributed by atoms with E-state index < -0.39 is 0 Å². The maximum absolute atomic E-state index is 5.57. The lowest BCUT2D eigenvalue weighted by Gasteiger charge is -2.24. The predicted octanol–water partition coefficient (Wildman–Crippen LogP) is 2.27. The zero-order valence-electron chi connectivity index (χ0n) is 10.3. The number of halogens is 1. The van der Waals surface area contributed by atoms with Gasteiger partial charge >= 0.3 is 0 Å². The van der Waals surface area contributed by atoms with Crippen LogP contribution in [0.1, 0.15) is 37.8 Å². The number of nitrogens with one attached hydrogen (secondary N) is 2. The second kappa shape index (κ2) is 7.69. The summed E-state index contributed by atoms with van der Waals surface area (Å²) in [4.78, 5) is 7.13. The molecule has 1 aromatic rings. The molecular weight excluding hydrogens is 238 g/mol. The largest absolute Gasteiger partial charge is 0.380 e. The molecule has 1 aliphatic rings. The normalized spacial score (nSPS) is 25.0. The lowest BCUT2D eigenvalue weighted by Crippen LogP contribution is -2.39. The lowest BCUT2D eigenvalue weighted by molar-refractivity contribution is 0.0625. The third kappa shape index (κ3) is 4.30. The molecule has 1 fully saturated rings. The summed E-state index contributed by atoms with van der Waals surface area (Å²) in [7, 11) is 1.82. The summed E-state index contributed by atoms with van der Waals surface area (Å²) >= 11 is 0. The predicted molar refractivity (Wildman–Crippen MR) is 70.3 cm³/mol. The van der Waals surface area contributed by atoms with Crippen LogP contribution in [0.2, 0.25) is 0 Å². The molecule has 0 aromatic carbocycles. The molecule has 0 radical (unpaired) electrons. The van der Waals surface area contributed by atoms with Crippen molar-refractivity contribution in [3.8, 4) is 0 Å². The van der Waals surface area contributed by atoms with Crippen molar-refractivity contribution in [2.75, 3.05) is 7.11 Å². The molecule has 5 heteroatoms. The molecule has 1 aliphatic carbocycles. The van der Waals surface area contributed by atoms with E-state index in [2.05, 4.69) is 15.3 Å². The van der Waals surface area contributed by atoms with Crippen molar-refractivity contribution in [1.29, 1.82) is 0 Å². The van der Waals surface area contributed by atoms with Crippen LogP contribution in [0.5, 0.6) is 0 Å². The number of rotatable bonds is 4. The molecule has 0 saturated heterocycles. The summed E-state index contributed by atoms with van der Waals surface area (Å²) in [5.41, 5.74) is 1.14. The van der Waals surface area contributed by atoms with Crippen LogP contribution in [-0.4, -0.2) is 29.2 Å². The van der Waals surface area contributed by atoms with Gasteiger partial charge in [0.2, 0.25) is 0 Å². The smallest absolute Gasteiger partial charge is 0.0922 e. The van der Waals surface area contributed by atoms with E-state index in [1.807, 2.05) is 13.3 Å². The van der Waals surface area contributed by atoms with E-state index in [1.54, 1.807) is 6.33 Å². The van der Waals surface area contributed by atoms with E-state index in [0.717, 1.165) is 12.2 Å². The van der Waals surface area contributed by atoms with Crippen molar-refractivity contribution in [3.63, 3.8) is 0 Å². The number of aromatic nitrogens is 2. The van der Waals surface area contributed by atoms with Crippen LogP contribution in [-0.2, 0) is 11.3 Å². The van der Waals surface area contributed by atoms with E-state index in [1.165, 1.54) is 32.1 Å². The molecule has 98 valence electrons. The van der Waals surface area contributed by atoms with E-state index in [0.29, 0.717) is 12.1 Å². The molecule has 2 rings (SSSR count). The Morgan fingerprint density at radius 3 is 2.94 bits per heavy atom. The van der Waals surface area contributed by atoms with Gasteiger partial charge in [-0.3, -0.25) is 0 Å². The number of imidazole rings is 1. The van der Waals surface area contributed by atoms with Crippen LogP contribution < -0.4 is 5.32 Å². The SMILES string of the molecule is COC1CCCCCC1NCc1cnc[nH]1.Cl. The van der Waals surface area contributed by atoms with Gasteiger partial charge in [-0.2, -0.15) is 0 Å². The van der Waals surface area contributed by atoms with Crippen molar-refractivity contribution in [2.45, 2.75) is 50.8 Å². The van der Waals surface area contributed by atoms with E-state index >= 15 is 0 Å². The number of nitrogens with zero attached hydrogens (tertiary/aromatic N) is 1. The average Bonchev–Trinajstić information content (AvgIpc) is 2.71. The highest BCUT2D eigenvalue weighted by Gasteiger charge is 2.22. The fourth-order valence-corrected chi connectivity index (χ4v) is 2.41. The zero-order chi connectivity index (χ0) is 11.2. The van der Waals surface area contributed by atoms with Gasteiger partial charge in [-0.05, 0) is 12.8 Å². The van der Waals surface area contributed by atoms with E-state index in [9.17, 15) is 0 Å². The molecule has 1 saturated carbocycles. The Kier molecular flexibility index (Phi) is 6.55. The number of hydrogen-bond donors (Lipinski definition) is 2. The first-order valence-corrected chi connectivity index (χ1v) is 6.13. The standard InChI is InChI=1S/C12H21N3O.ClH/c1-16-12-6-4-2-3-5-11(12)14-8-10-7-13-9-15-10;/h7,9,11-12,14H,2-6,8H2,1H3,(H,13,15);1H. The number of methoxy groups -OCH3 is 1. The van der Waals surface area contributed by atoms with Crippen molar-refractivity contribution >= 4 is 12.4 Å². The highest BCUT2D eigenvalue weighted by Crippen LogP contribution is 2.20. The lowest BCUT2D eigenvalue weighted by atomic mass is 10.1. The van der Waals surface area contributed by atoms with E-state index in [-0.39, 0.29) is 12.4 Å². The quantitative estimate of drug-likeness (QED) is 0.816. The topological polar surface area (TPSA) is 49.9 Å². The third-order valence-electron chi connectivity index (χ3n) is 3.36. The van der Waals surface area contributed by atoms with Gasteiger partial charge in [0.05, 0.1) is 12.4 Å². The Morgan fingerprint density at radius 1 is 1.41 bits per heavy atom. The van der Waals surface area contributed by atoms with Crippen LogP contribution in [0.4, 0.5) is 0 Å². The maximum Gasteiger partial charge on any atom is 0.0922 e. The fraction of sp³-hybridized carbons (Fsp3) is 0.750. The van der Waals surface area contributed by atoms with Crippen LogP contribution >= 0.6 is 12.4 Å². The summed E-state index contributed by atoms with van der Waals surface area (Å²) in [6, 6.07) is 0.482. The van der Waals surface area contributed by atoms with Crippen molar-refractivity contribution in [2.24, 2.45) is 0 Å². The molecule has 1 aromatic heterocycles. The minimum absolute atomic E-state index is 0. The minimum atomic E-state index is 0. The highest BCUT2D eigenvalue weighted by atomic mass is 35.5. The van der Waals surface area contributed by atoms with Gasteiger partial charge in [0.25, 0.3) is 0 Å². The van der Waals surface area contributed by atoms with Crippen molar-refractivity contribution < 1.29 is 4.74 Å². The van der Waals surface area contributed by atoms with Crippen molar-refractivity contribution in [1.82, 2.24) is 15.3 Å². The van der Waals surface area contributed by atoms with Crippen LogP contribution in [0.15, 0.2) is 12.5 Å². The number of H-pyrrole nitrogens is 1. The number of aromatic amines is 1. The summed E-state index contributed by atoms with van der Waals surface area (Å²) in [5, 5.41) is 3.57. The first-order valence-electron chi connectivity index (χ1n) is 6.13. The first kappa shape index (κ1) is 14.5. The summed E-state index contributed by atoms with van der Waals surface area (Å²) in [6.07, 6.45) is 10.3. The molecule has 0 bridgehead atoms. The number of ether oxygens (including phenoxy) is 1. The molecule has 4 nitrogen and oxygen atoms in total. The molecule has 0 amide bonds. The minimum Gasteiger partial charge on any atom is -0.380 e. The van der Waals surface area contributed by atoms with Gasteiger partial charge in [0.1, 0.15) is 0 Å². The van der Waals surface area contributed by atoms with Gasteiger partial charge in [-0.25, -0.2) is 4.98 Å². The molecule has 0 spiro atoms. The van der Waals surface area contributed by atoms with Crippen LogP contribution in [0, 0.1) is 0 Å². The average molecular weight is 260 g/mol. The molecule has 1 heterocycles. The molecule has 2 atom stereocenters. The van der Waals surface area contributed by atoms with Gasteiger partial charge in [-0.15, -0.1) is 12.4 Å². The van der Waals surface area contributed by atoms with Gasteiger partial charge in [0, 0.05) is 31.6 Å². The molecule has 2 unspecified atom stereocenters.